The van der Waals surface area contributed by atoms with Crippen LogP contribution in [0.5, 0.6) is 0 Å². The molecule has 0 aliphatic rings. The minimum absolute atomic E-state index is 0.217. The molecule has 0 saturated carbocycles. The molecule has 62 valence electrons. The van der Waals surface area contributed by atoms with Crippen LogP contribution >= 0.6 is 0 Å². The lowest BCUT2D eigenvalue weighted by atomic mass is 10.3. The number of nitrogen functional groups attached to an aromatic ring is 1. The van der Waals surface area contributed by atoms with Crippen molar-refractivity contribution in [1.29, 1.82) is 5.26 Å². The first-order chi connectivity index (χ1) is 5.69. The summed E-state index contributed by atoms with van der Waals surface area (Å²) in [5, 5.41) is 11.4. The second-order valence-corrected chi connectivity index (χ2v) is 2.24. The van der Waals surface area contributed by atoms with Crippen LogP contribution in [0.2, 0.25) is 0 Å². The molecular weight excluding hydrogens is 154 g/mol. The normalized spacial score (nSPS) is 9.08. The first-order valence-corrected chi connectivity index (χ1v) is 3.41. The molecule has 0 aliphatic carbocycles. The van der Waals surface area contributed by atoms with Gasteiger partial charge in [0.05, 0.1) is 0 Å². The average Bonchev–Trinajstić information content (AvgIpc) is 2.03. The van der Waals surface area contributed by atoms with E-state index in [0.717, 1.165) is 0 Å². The molecular formula is C7H9N5. The maximum atomic E-state index is 8.67. The molecule has 0 amide bonds. The molecule has 0 aliphatic heterocycles. The molecule has 0 unspecified atom stereocenters. The predicted octanol–water partition coefficient (Wildman–Crippen LogP) is 0.281. The van der Waals surface area contributed by atoms with Gasteiger partial charge in [0.1, 0.15) is 29.1 Å². The second kappa shape index (κ2) is 3.05. The summed E-state index contributed by atoms with van der Waals surface area (Å²) in [7, 11) is 1.68. The van der Waals surface area contributed by atoms with Crippen LogP contribution in [-0.4, -0.2) is 17.0 Å². The molecule has 0 saturated heterocycles. The number of aryl methyl sites for hydroxylation is 1. The third-order valence-corrected chi connectivity index (χ3v) is 1.40. The van der Waals surface area contributed by atoms with E-state index in [9.17, 15) is 0 Å². The zero-order chi connectivity index (χ0) is 9.14. The van der Waals surface area contributed by atoms with Gasteiger partial charge in [-0.1, -0.05) is 0 Å². The third-order valence-electron chi connectivity index (χ3n) is 1.40. The maximum Gasteiger partial charge on any atom is 0.149 e. The van der Waals surface area contributed by atoms with Gasteiger partial charge in [0.15, 0.2) is 0 Å². The Morgan fingerprint density at radius 3 is 2.67 bits per heavy atom. The van der Waals surface area contributed by atoms with E-state index in [2.05, 4.69) is 15.3 Å². The molecule has 0 spiro atoms. The fraction of sp³-hybridized carbons (Fsp3) is 0.286. The zero-order valence-electron chi connectivity index (χ0n) is 6.92. The van der Waals surface area contributed by atoms with Crippen LogP contribution in [0.1, 0.15) is 11.4 Å². The molecule has 0 radical (unpaired) electrons. The van der Waals surface area contributed by atoms with E-state index in [1.807, 2.05) is 6.07 Å². The van der Waals surface area contributed by atoms with Gasteiger partial charge in [-0.05, 0) is 6.92 Å². The van der Waals surface area contributed by atoms with E-state index in [0.29, 0.717) is 17.2 Å². The minimum Gasteiger partial charge on any atom is -0.382 e. The number of hydrogen-bond acceptors (Lipinski definition) is 5. The quantitative estimate of drug-likeness (QED) is 0.620. The topological polar surface area (TPSA) is 87.6 Å². The summed E-state index contributed by atoms with van der Waals surface area (Å²) in [4.78, 5) is 7.86. The second-order valence-electron chi connectivity index (χ2n) is 2.24. The Morgan fingerprint density at radius 1 is 1.50 bits per heavy atom. The molecule has 5 nitrogen and oxygen atoms in total. The van der Waals surface area contributed by atoms with Gasteiger partial charge >= 0.3 is 0 Å². The van der Waals surface area contributed by atoms with Crippen molar-refractivity contribution in [1.82, 2.24) is 9.97 Å². The summed E-state index contributed by atoms with van der Waals surface area (Å²) in [5.41, 5.74) is 5.79. The van der Waals surface area contributed by atoms with Crippen LogP contribution in [0, 0.1) is 18.3 Å². The molecule has 0 aromatic carbocycles. The minimum atomic E-state index is 0.217. The highest BCUT2D eigenvalue weighted by Gasteiger charge is 2.07. The zero-order valence-corrected chi connectivity index (χ0v) is 6.92. The lowest BCUT2D eigenvalue weighted by Crippen LogP contribution is -2.05. The van der Waals surface area contributed by atoms with E-state index < -0.39 is 0 Å². The number of nitrogens with two attached hydrogens (primary N) is 1. The van der Waals surface area contributed by atoms with E-state index in [1.165, 1.54) is 0 Å². The van der Waals surface area contributed by atoms with Crippen molar-refractivity contribution in [2.45, 2.75) is 6.92 Å². The highest BCUT2D eigenvalue weighted by Crippen LogP contribution is 2.15. The van der Waals surface area contributed by atoms with Crippen molar-refractivity contribution in [2.24, 2.45) is 0 Å². The number of nitriles is 1. The van der Waals surface area contributed by atoms with Gasteiger partial charge in [-0.3, -0.25) is 0 Å². The van der Waals surface area contributed by atoms with E-state index in [-0.39, 0.29) is 5.82 Å². The molecule has 1 aromatic rings. The Kier molecular flexibility index (Phi) is 2.10. The van der Waals surface area contributed by atoms with Gasteiger partial charge in [0.2, 0.25) is 0 Å². The smallest absolute Gasteiger partial charge is 0.149 e. The maximum absolute atomic E-state index is 8.67. The number of anilines is 2. The first-order valence-electron chi connectivity index (χ1n) is 3.41. The summed E-state index contributed by atoms with van der Waals surface area (Å²) >= 11 is 0. The van der Waals surface area contributed by atoms with E-state index in [1.54, 1.807) is 14.0 Å². The monoisotopic (exact) mass is 163 g/mol. The van der Waals surface area contributed by atoms with Crippen LogP contribution in [0.4, 0.5) is 11.6 Å². The highest BCUT2D eigenvalue weighted by molar-refractivity contribution is 5.62. The van der Waals surface area contributed by atoms with Crippen molar-refractivity contribution >= 4 is 11.6 Å². The Balaban J connectivity index is 3.36. The van der Waals surface area contributed by atoms with Crippen LogP contribution in [0.3, 0.4) is 0 Å². The molecule has 0 bridgehead atoms. The van der Waals surface area contributed by atoms with Crippen LogP contribution in [0.15, 0.2) is 0 Å². The van der Waals surface area contributed by atoms with Crippen molar-refractivity contribution in [2.75, 3.05) is 18.1 Å². The van der Waals surface area contributed by atoms with Crippen molar-refractivity contribution < 1.29 is 0 Å². The fourth-order valence-electron chi connectivity index (χ4n) is 0.885. The standard InChI is InChI=1S/C7H9N5/c1-4-11-6(9)5(3-8)7(10-2)12-4/h1-2H3,(H3,9,10,11,12). The van der Waals surface area contributed by atoms with Gasteiger partial charge in [0, 0.05) is 7.05 Å². The van der Waals surface area contributed by atoms with E-state index in [4.69, 9.17) is 11.0 Å². The third kappa shape index (κ3) is 1.27. The summed E-state index contributed by atoms with van der Waals surface area (Å²) in [6.45, 7) is 1.72. The van der Waals surface area contributed by atoms with Gasteiger partial charge < -0.3 is 11.1 Å². The highest BCUT2D eigenvalue weighted by atomic mass is 15.0. The molecule has 0 fully saturated rings. The van der Waals surface area contributed by atoms with Gasteiger partial charge in [-0.15, -0.1) is 0 Å². The van der Waals surface area contributed by atoms with Crippen molar-refractivity contribution in [3.05, 3.63) is 11.4 Å². The molecule has 12 heavy (non-hydrogen) atoms. The number of nitrogens with one attached hydrogen (secondary N) is 1. The lowest BCUT2D eigenvalue weighted by Gasteiger charge is -2.04. The van der Waals surface area contributed by atoms with Crippen LogP contribution < -0.4 is 11.1 Å². The van der Waals surface area contributed by atoms with Crippen LogP contribution in [-0.2, 0) is 0 Å². The summed E-state index contributed by atoms with van der Waals surface area (Å²) in [6, 6.07) is 1.93. The Labute approximate surface area is 70.2 Å². The number of rotatable bonds is 1. The molecule has 1 aromatic heterocycles. The van der Waals surface area contributed by atoms with Gasteiger partial charge in [-0.2, -0.15) is 5.26 Å². The Hall–Kier alpha value is -1.83. The van der Waals surface area contributed by atoms with Crippen LogP contribution in [0.25, 0.3) is 0 Å². The number of hydrogen-bond donors (Lipinski definition) is 2. The molecule has 5 heteroatoms. The Morgan fingerprint density at radius 2 is 2.17 bits per heavy atom. The Bertz CT molecular complexity index is 338. The molecule has 1 rings (SSSR count). The van der Waals surface area contributed by atoms with Gasteiger partial charge in [0.25, 0.3) is 0 Å². The number of aromatic nitrogens is 2. The largest absolute Gasteiger partial charge is 0.382 e. The predicted molar refractivity (Wildman–Crippen MR) is 45.4 cm³/mol. The SMILES string of the molecule is CNc1nc(C)nc(N)c1C#N. The van der Waals surface area contributed by atoms with Crippen molar-refractivity contribution in [3.63, 3.8) is 0 Å². The first kappa shape index (κ1) is 8.27. The molecule has 0 atom stereocenters. The van der Waals surface area contributed by atoms with Gasteiger partial charge in [-0.25, -0.2) is 9.97 Å². The summed E-state index contributed by atoms with van der Waals surface area (Å²) in [6.07, 6.45) is 0. The molecule has 3 N–H and O–H groups in total. The lowest BCUT2D eigenvalue weighted by molar-refractivity contribution is 1.05. The number of nitrogens with zero attached hydrogens (tertiary/aromatic N) is 3. The van der Waals surface area contributed by atoms with Crippen molar-refractivity contribution in [3.8, 4) is 6.07 Å². The molecule has 1 heterocycles. The summed E-state index contributed by atoms with van der Waals surface area (Å²) in [5.74, 6) is 1.24. The average molecular weight is 163 g/mol. The van der Waals surface area contributed by atoms with E-state index >= 15 is 0 Å². The fourth-order valence-corrected chi connectivity index (χ4v) is 0.885. The summed E-state index contributed by atoms with van der Waals surface area (Å²) < 4.78 is 0.